The second kappa shape index (κ2) is 9.94. The van der Waals surface area contributed by atoms with Gasteiger partial charge in [-0.2, -0.15) is 0 Å². The van der Waals surface area contributed by atoms with Crippen molar-refractivity contribution in [1.82, 2.24) is 4.90 Å². The van der Waals surface area contributed by atoms with E-state index in [0.29, 0.717) is 6.04 Å². The van der Waals surface area contributed by atoms with E-state index in [4.69, 9.17) is 9.47 Å². The van der Waals surface area contributed by atoms with Crippen LogP contribution in [-0.2, 0) is 16.0 Å². The third-order valence-electron chi connectivity index (χ3n) is 7.53. The lowest BCUT2D eigenvalue weighted by Crippen LogP contribution is -2.41. The van der Waals surface area contributed by atoms with Gasteiger partial charge in [0, 0.05) is 51.1 Å². The maximum atomic E-state index is 5.68. The third kappa shape index (κ3) is 5.19. The van der Waals surface area contributed by atoms with Gasteiger partial charge < -0.3 is 14.4 Å². The van der Waals surface area contributed by atoms with Gasteiger partial charge in [-0.15, -0.1) is 0 Å². The summed E-state index contributed by atoms with van der Waals surface area (Å²) in [6, 6.07) is 14.7. The smallest absolute Gasteiger partial charge is 0.0594 e. The molecule has 2 heterocycles. The van der Waals surface area contributed by atoms with Gasteiger partial charge in [0.05, 0.1) is 13.2 Å². The van der Waals surface area contributed by atoms with E-state index in [1.54, 1.807) is 0 Å². The molecular formula is C28H38N2O2. The second-order valence-corrected chi connectivity index (χ2v) is 9.96. The Bertz CT molecular complexity index is 894. The molecule has 0 spiro atoms. The highest BCUT2D eigenvalue weighted by Crippen LogP contribution is 2.38. The van der Waals surface area contributed by atoms with Crippen molar-refractivity contribution in [2.24, 2.45) is 5.92 Å². The van der Waals surface area contributed by atoms with Crippen LogP contribution in [-0.4, -0.2) is 57.0 Å². The Morgan fingerprint density at radius 2 is 1.53 bits per heavy atom. The molecule has 1 aliphatic carbocycles. The van der Waals surface area contributed by atoms with Crippen molar-refractivity contribution >= 4 is 5.69 Å². The summed E-state index contributed by atoms with van der Waals surface area (Å²) in [5, 5.41) is 0. The maximum absolute atomic E-state index is 5.68. The zero-order valence-corrected chi connectivity index (χ0v) is 19.8. The second-order valence-electron chi connectivity index (χ2n) is 9.96. The van der Waals surface area contributed by atoms with Crippen molar-refractivity contribution < 1.29 is 9.47 Å². The van der Waals surface area contributed by atoms with E-state index in [-0.39, 0.29) is 0 Å². The molecule has 3 aliphatic rings. The number of hydrogen-bond acceptors (Lipinski definition) is 4. The molecule has 4 heteroatoms. The lowest BCUT2D eigenvalue weighted by molar-refractivity contribution is 0.0342. The van der Waals surface area contributed by atoms with Crippen LogP contribution in [0.2, 0.25) is 0 Å². The van der Waals surface area contributed by atoms with Crippen molar-refractivity contribution in [3.63, 3.8) is 0 Å². The average Bonchev–Trinajstić information content (AvgIpc) is 3.66. The lowest BCUT2D eigenvalue weighted by atomic mass is 9.95. The van der Waals surface area contributed by atoms with Gasteiger partial charge in [-0.3, -0.25) is 4.90 Å². The highest BCUT2D eigenvalue weighted by Gasteiger charge is 2.30. The summed E-state index contributed by atoms with van der Waals surface area (Å²) in [5.74, 6) is 0.876. The highest BCUT2D eigenvalue weighted by atomic mass is 16.5. The molecule has 2 aromatic rings. The normalized spacial score (nSPS) is 20.4. The van der Waals surface area contributed by atoms with Crippen LogP contribution in [0.1, 0.15) is 42.4 Å². The lowest BCUT2D eigenvalue weighted by Gasteiger charge is -2.38. The molecule has 2 saturated heterocycles. The van der Waals surface area contributed by atoms with Crippen LogP contribution in [0.15, 0.2) is 36.4 Å². The van der Waals surface area contributed by atoms with Crippen molar-refractivity contribution in [1.29, 1.82) is 0 Å². The number of benzene rings is 2. The van der Waals surface area contributed by atoms with Gasteiger partial charge in [0.2, 0.25) is 0 Å². The van der Waals surface area contributed by atoms with Crippen molar-refractivity contribution in [2.75, 3.05) is 51.0 Å². The molecule has 4 nitrogen and oxygen atoms in total. The van der Waals surface area contributed by atoms with Gasteiger partial charge in [0.25, 0.3) is 0 Å². The molecule has 1 saturated carbocycles. The Morgan fingerprint density at radius 1 is 0.844 bits per heavy atom. The van der Waals surface area contributed by atoms with E-state index in [2.05, 4.69) is 60.0 Å². The fourth-order valence-electron chi connectivity index (χ4n) is 5.15. The minimum Gasteiger partial charge on any atom is -0.381 e. The summed E-state index contributed by atoms with van der Waals surface area (Å²) in [5.41, 5.74) is 8.31. The summed E-state index contributed by atoms with van der Waals surface area (Å²) in [7, 11) is 0. The monoisotopic (exact) mass is 434 g/mol. The fraction of sp³-hybridized carbons (Fsp3) is 0.571. The van der Waals surface area contributed by atoms with E-state index < -0.39 is 0 Å². The maximum Gasteiger partial charge on any atom is 0.0594 e. The van der Waals surface area contributed by atoms with Crippen molar-refractivity contribution in [3.05, 3.63) is 53.1 Å². The number of rotatable bonds is 7. The van der Waals surface area contributed by atoms with E-state index in [1.807, 2.05) is 0 Å². The average molecular weight is 435 g/mol. The standard InChI is InChI=1S/C28H38N2O2/c1-21-17-26(25-7-5-23(6-8-25)19-29-11-15-32-16-12-29)18-28(22(21)2)30(20-24-3-4-24)27-9-13-31-14-10-27/h5-8,17-18,24,27H,3-4,9-16,19-20H2,1-2H3. The molecule has 0 aromatic heterocycles. The molecule has 0 radical (unpaired) electrons. The van der Waals surface area contributed by atoms with Crippen LogP contribution in [0.3, 0.4) is 0 Å². The Labute approximate surface area is 193 Å². The SMILES string of the molecule is Cc1cc(-c2ccc(CN3CCOCC3)cc2)cc(N(CC2CC2)C2CCOCC2)c1C. The van der Waals surface area contributed by atoms with Gasteiger partial charge in [0.1, 0.15) is 0 Å². The molecule has 0 amide bonds. The molecule has 3 fully saturated rings. The third-order valence-corrected chi connectivity index (χ3v) is 7.53. The molecule has 2 aromatic carbocycles. The molecule has 5 rings (SSSR count). The van der Waals surface area contributed by atoms with Crippen LogP contribution in [0.4, 0.5) is 5.69 Å². The molecule has 172 valence electrons. The molecule has 0 bridgehead atoms. The number of hydrogen-bond donors (Lipinski definition) is 0. The van der Waals surface area contributed by atoms with Crippen LogP contribution in [0.25, 0.3) is 11.1 Å². The first kappa shape index (κ1) is 21.9. The molecule has 2 aliphatic heterocycles. The Balaban J connectivity index is 1.39. The molecule has 0 N–H and O–H groups in total. The number of aryl methyl sites for hydroxylation is 1. The first-order chi connectivity index (χ1) is 15.7. The fourth-order valence-corrected chi connectivity index (χ4v) is 5.15. The van der Waals surface area contributed by atoms with E-state index in [0.717, 1.165) is 64.8 Å². The van der Waals surface area contributed by atoms with Crippen LogP contribution >= 0.6 is 0 Å². The zero-order chi connectivity index (χ0) is 21.9. The minimum absolute atomic E-state index is 0.605. The van der Waals surface area contributed by atoms with Gasteiger partial charge in [-0.1, -0.05) is 30.3 Å². The van der Waals surface area contributed by atoms with Crippen LogP contribution < -0.4 is 4.90 Å². The minimum atomic E-state index is 0.605. The van der Waals surface area contributed by atoms with Gasteiger partial charge in [0.15, 0.2) is 0 Å². The van der Waals surface area contributed by atoms with E-state index in [1.165, 1.54) is 52.9 Å². The molecule has 0 unspecified atom stereocenters. The Hall–Kier alpha value is -1.88. The molecule has 0 atom stereocenters. The largest absolute Gasteiger partial charge is 0.381 e. The summed E-state index contributed by atoms with van der Waals surface area (Å²) in [4.78, 5) is 5.22. The number of nitrogens with zero attached hydrogens (tertiary/aromatic N) is 2. The molecule has 32 heavy (non-hydrogen) atoms. The number of ether oxygens (including phenoxy) is 2. The van der Waals surface area contributed by atoms with Crippen LogP contribution in [0.5, 0.6) is 0 Å². The highest BCUT2D eigenvalue weighted by molar-refractivity contribution is 5.73. The predicted octanol–water partition coefficient (Wildman–Crippen LogP) is 5.20. The first-order valence-corrected chi connectivity index (χ1v) is 12.5. The van der Waals surface area contributed by atoms with E-state index in [9.17, 15) is 0 Å². The predicted molar refractivity (Wildman–Crippen MR) is 131 cm³/mol. The molecular weight excluding hydrogens is 396 g/mol. The summed E-state index contributed by atoms with van der Waals surface area (Å²) in [6.07, 6.45) is 5.07. The number of anilines is 1. The topological polar surface area (TPSA) is 24.9 Å². The summed E-state index contributed by atoms with van der Waals surface area (Å²) >= 11 is 0. The Kier molecular flexibility index (Phi) is 6.82. The van der Waals surface area contributed by atoms with Gasteiger partial charge in [-0.25, -0.2) is 0 Å². The Morgan fingerprint density at radius 3 is 2.22 bits per heavy atom. The van der Waals surface area contributed by atoms with Crippen molar-refractivity contribution in [2.45, 2.75) is 52.1 Å². The van der Waals surface area contributed by atoms with Gasteiger partial charge in [-0.05, 0) is 79.3 Å². The van der Waals surface area contributed by atoms with Crippen molar-refractivity contribution in [3.8, 4) is 11.1 Å². The van der Waals surface area contributed by atoms with Crippen LogP contribution in [0, 0.1) is 19.8 Å². The summed E-state index contributed by atoms with van der Waals surface area (Å²) in [6.45, 7) is 12.4. The first-order valence-electron chi connectivity index (χ1n) is 12.5. The zero-order valence-electron chi connectivity index (χ0n) is 19.8. The number of morpholine rings is 1. The summed E-state index contributed by atoms with van der Waals surface area (Å²) < 4.78 is 11.2. The van der Waals surface area contributed by atoms with Gasteiger partial charge >= 0.3 is 0 Å². The van der Waals surface area contributed by atoms with E-state index >= 15 is 0 Å². The quantitative estimate of drug-likeness (QED) is 0.598.